The van der Waals surface area contributed by atoms with Gasteiger partial charge in [0.15, 0.2) is 0 Å². The topological polar surface area (TPSA) is 87.2 Å². The van der Waals surface area contributed by atoms with Gasteiger partial charge in [-0.15, -0.1) is 0 Å². The smallest absolute Gasteiger partial charge is 0.312 e. The van der Waals surface area contributed by atoms with Crippen LogP contribution in [0.25, 0.3) is 0 Å². The third-order valence-corrected chi connectivity index (χ3v) is 7.89. The summed E-state index contributed by atoms with van der Waals surface area (Å²) in [6, 6.07) is 21.7. The Morgan fingerprint density at radius 3 is 2.27 bits per heavy atom. The fraction of sp³-hybridized carbons (Fsp3) is 0.344. The molecule has 1 N–H and O–H groups in total. The number of amides is 2. The molecule has 2 aliphatic rings. The second-order valence-electron chi connectivity index (χ2n) is 11.3. The molecule has 8 heteroatoms. The molecule has 0 aromatic heterocycles. The highest BCUT2D eigenvalue weighted by molar-refractivity contribution is 6.30. The summed E-state index contributed by atoms with van der Waals surface area (Å²) in [6.07, 6.45) is 2.44. The van der Waals surface area contributed by atoms with Crippen molar-refractivity contribution >= 4 is 40.8 Å². The Morgan fingerprint density at radius 2 is 1.65 bits per heavy atom. The second kappa shape index (κ2) is 11.0. The van der Waals surface area contributed by atoms with E-state index in [9.17, 15) is 19.5 Å². The Morgan fingerprint density at radius 1 is 1.00 bits per heavy atom. The molecule has 208 valence electrons. The number of halogens is 1. The largest absolute Gasteiger partial charge is 0.492 e. The first-order valence-electron chi connectivity index (χ1n) is 13.5. The molecule has 1 heterocycles. The lowest BCUT2D eigenvalue weighted by Crippen LogP contribution is -2.47. The summed E-state index contributed by atoms with van der Waals surface area (Å²) in [5.41, 5.74) is 1.87. The third-order valence-electron chi connectivity index (χ3n) is 7.64. The number of carbonyl (C=O) groups is 3. The number of carboxylic acids is 1. The number of ether oxygens (including phenoxy) is 1. The lowest BCUT2D eigenvalue weighted by Gasteiger charge is -2.40. The van der Waals surface area contributed by atoms with E-state index in [1.807, 2.05) is 48.2 Å². The van der Waals surface area contributed by atoms with Gasteiger partial charge in [0.2, 0.25) is 5.91 Å². The van der Waals surface area contributed by atoms with Crippen LogP contribution < -0.4 is 14.5 Å². The maximum Gasteiger partial charge on any atom is 0.312 e. The number of para-hydroxylation sites is 1. The van der Waals surface area contributed by atoms with Crippen LogP contribution in [0, 0.1) is 5.41 Å². The number of hydrogen-bond donors (Lipinski definition) is 1. The van der Waals surface area contributed by atoms with E-state index in [1.165, 1.54) is 0 Å². The van der Waals surface area contributed by atoms with Gasteiger partial charge in [-0.3, -0.25) is 14.4 Å². The van der Waals surface area contributed by atoms with Gasteiger partial charge in [-0.1, -0.05) is 29.8 Å². The van der Waals surface area contributed by atoms with Crippen molar-refractivity contribution in [2.75, 3.05) is 16.4 Å². The van der Waals surface area contributed by atoms with E-state index in [1.54, 1.807) is 55.1 Å². The van der Waals surface area contributed by atoms with Crippen molar-refractivity contribution in [1.29, 1.82) is 0 Å². The Hall–Kier alpha value is -3.84. The van der Waals surface area contributed by atoms with Crippen LogP contribution in [-0.2, 0) is 9.59 Å². The number of fused-ring (bicyclic) bond motifs is 1. The summed E-state index contributed by atoms with van der Waals surface area (Å²) >= 11 is 6.11. The molecule has 0 unspecified atom stereocenters. The minimum Gasteiger partial charge on any atom is -0.492 e. The van der Waals surface area contributed by atoms with Gasteiger partial charge in [0.25, 0.3) is 5.91 Å². The van der Waals surface area contributed by atoms with E-state index in [0.717, 1.165) is 29.8 Å². The molecule has 1 fully saturated rings. The van der Waals surface area contributed by atoms with Crippen LogP contribution in [0.3, 0.4) is 0 Å². The summed E-state index contributed by atoms with van der Waals surface area (Å²) in [4.78, 5) is 42.9. The lowest BCUT2D eigenvalue weighted by molar-refractivity contribution is -0.148. The molecular weight excluding hydrogens is 528 g/mol. The van der Waals surface area contributed by atoms with Crippen LogP contribution in [0.2, 0.25) is 5.02 Å². The van der Waals surface area contributed by atoms with Crippen molar-refractivity contribution in [2.45, 2.75) is 58.0 Å². The van der Waals surface area contributed by atoms with Crippen molar-refractivity contribution in [3.8, 4) is 5.75 Å². The first kappa shape index (κ1) is 27.7. The van der Waals surface area contributed by atoms with E-state index in [2.05, 4.69) is 0 Å². The Kier molecular flexibility index (Phi) is 7.60. The summed E-state index contributed by atoms with van der Waals surface area (Å²) in [6.45, 7) is 5.18. The highest BCUT2D eigenvalue weighted by Gasteiger charge is 2.42. The van der Waals surface area contributed by atoms with Crippen LogP contribution in [0.5, 0.6) is 5.75 Å². The minimum absolute atomic E-state index is 0.00940. The molecule has 1 aliphatic heterocycles. The Balaban J connectivity index is 1.38. The SMILES string of the molecule is C[C@H]1C[C@H](C(=O)N(c2ccc(Cl)cc2)C2CC2)c2ccccc2N1C(=O)c1ccc(OCC(C)(C)C(=O)O)cc1. The van der Waals surface area contributed by atoms with Crippen LogP contribution in [-0.4, -0.2) is 41.6 Å². The molecule has 1 aliphatic carbocycles. The van der Waals surface area contributed by atoms with E-state index < -0.39 is 11.4 Å². The monoisotopic (exact) mass is 560 g/mol. The van der Waals surface area contributed by atoms with Gasteiger partial charge in [-0.2, -0.15) is 0 Å². The number of anilines is 2. The molecule has 7 nitrogen and oxygen atoms in total. The molecule has 3 aromatic rings. The number of benzene rings is 3. The minimum atomic E-state index is -1.03. The third kappa shape index (κ3) is 5.56. The van der Waals surface area contributed by atoms with Gasteiger partial charge < -0.3 is 19.6 Å². The zero-order valence-corrected chi connectivity index (χ0v) is 23.6. The van der Waals surface area contributed by atoms with Gasteiger partial charge in [0.1, 0.15) is 12.4 Å². The van der Waals surface area contributed by atoms with Crippen LogP contribution in [0.15, 0.2) is 72.8 Å². The summed E-state index contributed by atoms with van der Waals surface area (Å²) in [5, 5.41) is 9.93. The number of carboxylic acid groups (broad SMARTS) is 1. The van der Waals surface area contributed by atoms with E-state index in [4.69, 9.17) is 16.3 Å². The number of nitrogens with zero attached hydrogens (tertiary/aromatic N) is 2. The van der Waals surface area contributed by atoms with Gasteiger partial charge >= 0.3 is 5.97 Å². The van der Waals surface area contributed by atoms with Crippen molar-refractivity contribution < 1.29 is 24.2 Å². The lowest BCUT2D eigenvalue weighted by atomic mass is 9.84. The predicted molar refractivity (Wildman–Crippen MR) is 155 cm³/mol. The van der Waals surface area contributed by atoms with Gasteiger partial charge in [-0.25, -0.2) is 0 Å². The molecule has 40 heavy (non-hydrogen) atoms. The molecule has 0 saturated heterocycles. The molecule has 2 atom stereocenters. The molecular formula is C32H33ClN2O5. The number of hydrogen-bond acceptors (Lipinski definition) is 4. The maximum absolute atomic E-state index is 14.1. The molecule has 2 amide bonds. The van der Waals surface area contributed by atoms with Crippen molar-refractivity contribution in [1.82, 2.24) is 0 Å². The second-order valence-corrected chi connectivity index (χ2v) is 11.7. The molecule has 5 rings (SSSR count). The first-order valence-corrected chi connectivity index (χ1v) is 13.9. The van der Waals surface area contributed by atoms with Gasteiger partial charge in [-0.05, 0) is 100 Å². The highest BCUT2D eigenvalue weighted by atomic mass is 35.5. The van der Waals surface area contributed by atoms with E-state index in [0.29, 0.717) is 22.8 Å². The first-order chi connectivity index (χ1) is 19.1. The average molecular weight is 561 g/mol. The Bertz CT molecular complexity index is 1420. The van der Waals surface area contributed by atoms with E-state index >= 15 is 0 Å². The molecule has 0 spiro atoms. The van der Waals surface area contributed by atoms with Crippen molar-refractivity contribution in [3.63, 3.8) is 0 Å². The van der Waals surface area contributed by atoms with Gasteiger partial charge in [0.05, 0.1) is 11.3 Å². The summed E-state index contributed by atoms with van der Waals surface area (Å²) in [5.74, 6) is -0.949. The summed E-state index contributed by atoms with van der Waals surface area (Å²) in [7, 11) is 0. The quantitative estimate of drug-likeness (QED) is 0.338. The zero-order valence-electron chi connectivity index (χ0n) is 22.8. The maximum atomic E-state index is 14.1. The van der Waals surface area contributed by atoms with Crippen LogP contribution >= 0.6 is 11.6 Å². The van der Waals surface area contributed by atoms with Crippen LogP contribution in [0.1, 0.15) is 61.9 Å². The number of rotatable bonds is 8. The van der Waals surface area contributed by atoms with E-state index in [-0.39, 0.29) is 36.4 Å². The average Bonchev–Trinajstić information content (AvgIpc) is 3.78. The zero-order chi connectivity index (χ0) is 28.6. The molecule has 1 saturated carbocycles. The fourth-order valence-corrected chi connectivity index (χ4v) is 5.26. The summed E-state index contributed by atoms with van der Waals surface area (Å²) < 4.78 is 5.66. The molecule has 3 aromatic carbocycles. The predicted octanol–water partition coefficient (Wildman–Crippen LogP) is 6.55. The fourth-order valence-electron chi connectivity index (χ4n) is 5.13. The van der Waals surface area contributed by atoms with Gasteiger partial charge in [0, 0.05) is 34.0 Å². The Labute approximate surface area is 239 Å². The normalized spacial score (nSPS) is 18.6. The standard InChI is InChI=1S/C32H33ClN2O5/c1-20-18-27(30(37)35(24-14-15-24)23-12-10-22(33)11-13-23)26-6-4-5-7-28(26)34(20)29(36)21-8-16-25(17-9-21)40-19-32(2,3)31(38)39/h4-13,16-17,20,24,27H,14-15,18-19H2,1-3H3,(H,38,39)/t20-,27-/m0/s1. The van der Waals surface area contributed by atoms with Crippen molar-refractivity contribution in [3.05, 3.63) is 88.9 Å². The number of aliphatic carboxylic acids is 1. The number of carbonyl (C=O) groups excluding carboxylic acids is 2. The molecule has 0 bridgehead atoms. The highest BCUT2D eigenvalue weighted by Crippen LogP contribution is 2.43. The van der Waals surface area contributed by atoms with Crippen molar-refractivity contribution in [2.24, 2.45) is 5.41 Å². The molecule has 0 radical (unpaired) electrons. The van der Waals surface area contributed by atoms with Crippen LogP contribution in [0.4, 0.5) is 11.4 Å².